The number of carbonyl (C=O) groups is 2. The zero-order valence-electron chi connectivity index (χ0n) is 8.89. The fourth-order valence-corrected chi connectivity index (χ4v) is 1.85. The van der Waals surface area contributed by atoms with Crippen molar-refractivity contribution < 1.29 is 19.4 Å². The maximum Gasteiger partial charge on any atom is 0.350 e. The highest BCUT2D eigenvalue weighted by Crippen LogP contribution is 2.26. The first kappa shape index (κ1) is 12.4. The molecule has 0 atom stereocenters. The average Bonchev–Trinajstić information content (AvgIpc) is 2.63. The molecule has 1 aromatic rings. The maximum atomic E-state index is 11.3. The van der Waals surface area contributed by atoms with E-state index in [1.807, 2.05) is 0 Å². The first-order valence-corrected chi connectivity index (χ1v) is 5.34. The quantitative estimate of drug-likeness (QED) is 0.647. The molecule has 0 aliphatic carbocycles. The number of nitrogens with zero attached hydrogens (tertiary/aromatic N) is 1. The molecule has 0 saturated heterocycles. The van der Waals surface area contributed by atoms with Crippen molar-refractivity contribution >= 4 is 34.7 Å². The van der Waals surface area contributed by atoms with Gasteiger partial charge in [-0.05, 0) is 18.4 Å². The molecule has 1 aromatic heterocycles. The number of hydrogen-bond donors (Lipinski definition) is 1. The molecule has 0 unspecified atom stereocenters. The third-order valence-corrected chi connectivity index (χ3v) is 2.62. The molecule has 0 amide bonds. The molecule has 0 aromatic carbocycles. The molecule has 86 valence electrons. The van der Waals surface area contributed by atoms with E-state index in [1.54, 1.807) is 18.4 Å². The van der Waals surface area contributed by atoms with Gasteiger partial charge in [-0.15, -0.1) is 11.3 Å². The Bertz CT molecular complexity index is 436. The van der Waals surface area contributed by atoms with Crippen molar-refractivity contribution in [1.82, 2.24) is 0 Å². The number of esters is 1. The fraction of sp³-hybridized carbons (Fsp3) is 0.300. The number of rotatable bonds is 4. The van der Waals surface area contributed by atoms with Crippen molar-refractivity contribution in [1.29, 1.82) is 0 Å². The number of aliphatic carboxylic acids is 1. The maximum absolute atomic E-state index is 11.3. The van der Waals surface area contributed by atoms with Gasteiger partial charge < -0.3 is 9.84 Å². The largest absolute Gasteiger partial charge is 0.481 e. The number of hydrogen-bond acceptors (Lipinski definition) is 5. The predicted molar refractivity (Wildman–Crippen MR) is 60.7 cm³/mol. The molecule has 0 aliphatic rings. The highest BCUT2D eigenvalue weighted by atomic mass is 32.1. The number of carboxylic acid groups (broad SMARTS) is 1. The van der Waals surface area contributed by atoms with E-state index in [0.717, 1.165) is 0 Å². The van der Waals surface area contributed by atoms with Gasteiger partial charge in [-0.25, -0.2) is 4.79 Å². The van der Waals surface area contributed by atoms with Crippen molar-refractivity contribution in [2.75, 3.05) is 7.11 Å². The van der Waals surface area contributed by atoms with Crippen molar-refractivity contribution in [2.45, 2.75) is 13.3 Å². The number of carbonyl (C=O) groups excluding carboxylic acids is 1. The lowest BCUT2D eigenvalue weighted by molar-refractivity contribution is -0.135. The first-order chi connectivity index (χ1) is 7.54. The number of aliphatic imine (C=N–C) groups is 1. The van der Waals surface area contributed by atoms with Crippen LogP contribution in [0.25, 0.3) is 0 Å². The van der Waals surface area contributed by atoms with Gasteiger partial charge in [0.1, 0.15) is 4.88 Å². The van der Waals surface area contributed by atoms with Gasteiger partial charge in [-0.1, -0.05) is 0 Å². The summed E-state index contributed by atoms with van der Waals surface area (Å²) in [6.45, 7) is 1.60. The van der Waals surface area contributed by atoms with E-state index in [-0.39, 0.29) is 6.42 Å². The van der Waals surface area contributed by atoms with E-state index < -0.39 is 11.9 Å². The molecule has 6 heteroatoms. The zero-order chi connectivity index (χ0) is 12.1. The Morgan fingerprint density at radius 1 is 1.56 bits per heavy atom. The number of thiophene rings is 1. The van der Waals surface area contributed by atoms with Gasteiger partial charge in [0, 0.05) is 5.71 Å². The highest BCUT2D eigenvalue weighted by Gasteiger charge is 2.13. The molecule has 0 saturated carbocycles. The summed E-state index contributed by atoms with van der Waals surface area (Å²) in [7, 11) is 1.29. The van der Waals surface area contributed by atoms with Crippen LogP contribution in [0.15, 0.2) is 16.4 Å². The SMILES string of the molecule is COC(=O)c1sccc1N=C(C)CC(=O)O. The summed E-state index contributed by atoms with van der Waals surface area (Å²) in [5.41, 5.74) is 0.895. The summed E-state index contributed by atoms with van der Waals surface area (Å²) in [4.78, 5) is 26.2. The molecule has 16 heavy (non-hydrogen) atoms. The van der Waals surface area contributed by atoms with Crippen LogP contribution in [0, 0.1) is 0 Å². The monoisotopic (exact) mass is 241 g/mol. The van der Waals surface area contributed by atoms with Crippen LogP contribution in [0.5, 0.6) is 0 Å². The lowest BCUT2D eigenvalue weighted by atomic mass is 10.3. The van der Waals surface area contributed by atoms with Crippen LogP contribution >= 0.6 is 11.3 Å². The average molecular weight is 241 g/mol. The van der Waals surface area contributed by atoms with Crippen LogP contribution in [-0.2, 0) is 9.53 Å². The third kappa shape index (κ3) is 3.16. The van der Waals surface area contributed by atoms with E-state index in [4.69, 9.17) is 5.11 Å². The third-order valence-electron chi connectivity index (χ3n) is 1.73. The predicted octanol–water partition coefficient (Wildman–Crippen LogP) is 2.10. The molecule has 0 bridgehead atoms. The molecule has 0 spiro atoms. The number of methoxy groups -OCH3 is 1. The van der Waals surface area contributed by atoms with Gasteiger partial charge in [0.2, 0.25) is 0 Å². The number of carboxylic acids is 1. The number of ether oxygens (including phenoxy) is 1. The second-order valence-electron chi connectivity index (χ2n) is 3.04. The van der Waals surface area contributed by atoms with Crippen molar-refractivity contribution in [3.05, 3.63) is 16.3 Å². The van der Waals surface area contributed by atoms with E-state index in [2.05, 4.69) is 9.73 Å². The van der Waals surface area contributed by atoms with Crippen LogP contribution in [-0.4, -0.2) is 29.9 Å². The Morgan fingerprint density at radius 2 is 2.25 bits per heavy atom. The fourth-order valence-electron chi connectivity index (χ4n) is 1.10. The van der Waals surface area contributed by atoms with Gasteiger partial charge in [0.25, 0.3) is 0 Å². The highest BCUT2D eigenvalue weighted by molar-refractivity contribution is 7.12. The van der Waals surface area contributed by atoms with Gasteiger partial charge in [0.15, 0.2) is 0 Å². The Balaban J connectivity index is 2.93. The minimum atomic E-state index is -0.948. The van der Waals surface area contributed by atoms with Crippen LogP contribution < -0.4 is 0 Å². The Labute approximate surface area is 96.4 Å². The van der Waals surface area contributed by atoms with E-state index in [1.165, 1.54) is 18.4 Å². The van der Waals surface area contributed by atoms with Crippen molar-refractivity contribution in [3.63, 3.8) is 0 Å². The van der Waals surface area contributed by atoms with Gasteiger partial charge in [-0.2, -0.15) is 0 Å². The molecule has 5 nitrogen and oxygen atoms in total. The molecular formula is C10H11NO4S. The Hall–Kier alpha value is -1.69. The van der Waals surface area contributed by atoms with E-state index in [9.17, 15) is 9.59 Å². The summed E-state index contributed by atoms with van der Waals surface area (Å²) >= 11 is 1.21. The minimum Gasteiger partial charge on any atom is -0.481 e. The van der Waals surface area contributed by atoms with Crippen LogP contribution in [0.3, 0.4) is 0 Å². The Morgan fingerprint density at radius 3 is 2.81 bits per heavy atom. The zero-order valence-corrected chi connectivity index (χ0v) is 9.71. The lowest BCUT2D eigenvalue weighted by Gasteiger charge is -1.98. The summed E-state index contributed by atoms with van der Waals surface area (Å²) in [6.07, 6.45) is -0.142. The molecule has 0 aliphatic heterocycles. The Kier molecular flexibility index (Phi) is 4.19. The molecule has 1 N–H and O–H groups in total. The lowest BCUT2D eigenvalue weighted by Crippen LogP contribution is -2.03. The van der Waals surface area contributed by atoms with E-state index in [0.29, 0.717) is 16.3 Å². The second-order valence-corrected chi connectivity index (χ2v) is 3.96. The van der Waals surface area contributed by atoms with Crippen LogP contribution in [0.1, 0.15) is 23.0 Å². The van der Waals surface area contributed by atoms with Crippen LogP contribution in [0.2, 0.25) is 0 Å². The molecule has 1 rings (SSSR count). The second kappa shape index (κ2) is 5.41. The summed E-state index contributed by atoms with van der Waals surface area (Å²) in [5, 5.41) is 10.3. The van der Waals surface area contributed by atoms with Gasteiger partial charge in [-0.3, -0.25) is 9.79 Å². The summed E-state index contributed by atoms with van der Waals surface area (Å²) in [6, 6.07) is 1.66. The topological polar surface area (TPSA) is 76.0 Å². The van der Waals surface area contributed by atoms with Crippen LogP contribution in [0.4, 0.5) is 5.69 Å². The van der Waals surface area contributed by atoms with Crippen molar-refractivity contribution in [3.8, 4) is 0 Å². The van der Waals surface area contributed by atoms with Gasteiger partial charge >= 0.3 is 11.9 Å². The molecule has 1 heterocycles. The standard InChI is InChI=1S/C10H11NO4S/c1-6(5-8(12)13)11-7-3-4-16-9(7)10(14)15-2/h3-4H,5H2,1-2H3,(H,12,13). The molecule has 0 radical (unpaired) electrons. The van der Waals surface area contributed by atoms with Crippen molar-refractivity contribution in [2.24, 2.45) is 4.99 Å². The smallest absolute Gasteiger partial charge is 0.350 e. The normalized spacial score (nSPS) is 11.2. The minimum absolute atomic E-state index is 0.142. The van der Waals surface area contributed by atoms with Gasteiger partial charge in [0.05, 0.1) is 19.2 Å². The molecular weight excluding hydrogens is 230 g/mol. The molecule has 0 fully saturated rings. The summed E-state index contributed by atoms with van der Waals surface area (Å²) < 4.78 is 4.58. The summed E-state index contributed by atoms with van der Waals surface area (Å²) in [5.74, 6) is -1.41. The van der Waals surface area contributed by atoms with E-state index >= 15 is 0 Å². The first-order valence-electron chi connectivity index (χ1n) is 4.46.